The van der Waals surface area contributed by atoms with Crippen LogP contribution in [0, 0.1) is 0 Å². The Morgan fingerprint density at radius 3 is 2.31 bits per heavy atom. The molecule has 0 aliphatic heterocycles. The number of esters is 2. The summed E-state index contributed by atoms with van der Waals surface area (Å²) < 4.78 is 9.29. The quantitative estimate of drug-likeness (QED) is 0.374. The molecule has 0 saturated carbocycles. The molecule has 0 unspecified atom stereocenters. The molecule has 0 bridgehead atoms. The summed E-state index contributed by atoms with van der Waals surface area (Å²) in [6.07, 6.45) is -0.0625. The molecule has 0 atom stereocenters. The van der Waals surface area contributed by atoms with Gasteiger partial charge in [-0.2, -0.15) is 0 Å². The van der Waals surface area contributed by atoms with Gasteiger partial charge in [-0.3, -0.25) is 0 Å². The molecular formula is C9H14O4. The van der Waals surface area contributed by atoms with Crippen molar-refractivity contribution in [2.75, 3.05) is 6.61 Å². The molecule has 4 nitrogen and oxygen atoms in total. The van der Waals surface area contributed by atoms with Crippen LogP contribution in [-0.4, -0.2) is 24.6 Å². The zero-order valence-corrected chi connectivity index (χ0v) is 8.12. The first-order chi connectivity index (χ1) is 5.93. The molecule has 74 valence electrons. The first-order valence-corrected chi connectivity index (χ1v) is 3.95. The van der Waals surface area contributed by atoms with Gasteiger partial charge in [-0.05, 0) is 20.8 Å². The average Bonchev–Trinajstić information content (AvgIpc) is 2.00. The normalized spacial score (nSPS) is 9.85. The molecule has 0 aromatic rings. The van der Waals surface area contributed by atoms with E-state index in [1.807, 2.05) is 0 Å². The summed E-state index contributed by atoms with van der Waals surface area (Å²) in [4.78, 5) is 21.7. The van der Waals surface area contributed by atoms with Crippen molar-refractivity contribution in [1.82, 2.24) is 0 Å². The second-order valence-corrected chi connectivity index (χ2v) is 2.90. The molecule has 4 heteroatoms. The van der Waals surface area contributed by atoms with Gasteiger partial charge in [0.25, 0.3) is 0 Å². The van der Waals surface area contributed by atoms with Crippen molar-refractivity contribution in [3.8, 4) is 0 Å². The van der Waals surface area contributed by atoms with Crippen molar-refractivity contribution in [3.05, 3.63) is 12.2 Å². The van der Waals surface area contributed by atoms with Gasteiger partial charge in [-0.25, -0.2) is 9.59 Å². The van der Waals surface area contributed by atoms with E-state index in [2.05, 4.69) is 11.3 Å². The zero-order valence-electron chi connectivity index (χ0n) is 8.12. The molecule has 0 fully saturated rings. The molecule has 0 saturated heterocycles. The van der Waals surface area contributed by atoms with Crippen LogP contribution in [-0.2, 0) is 19.1 Å². The van der Waals surface area contributed by atoms with Crippen LogP contribution >= 0.6 is 0 Å². The number of rotatable bonds is 4. The molecule has 0 spiro atoms. The lowest BCUT2D eigenvalue weighted by Gasteiger charge is -2.06. The SMILES string of the molecule is C=C(C)C(=O)OC(=O)COC(C)C. The number of hydrogen-bond acceptors (Lipinski definition) is 4. The van der Waals surface area contributed by atoms with Crippen LogP contribution in [0.3, 0.4) is 0 Å². The molecule has 0 aromatic heterocycles. The fourth-order valence-electron chi connectivity index (χ4n) is 0.455. The highest BCUT2D eigenvalue weighted by Gasteiger charge is 2.11. The van der Waals surface area contributed by atoms with Crippen LogP contribution in [0.4, 0.5) is 0 Å². The van der Waals surface area contributed by atoms with Crippen molar-refractivity contribution in [2.45, 2.75) is 26.9 Å². The van der Waals surface area contributed by atoms with Crippen LogP contribution in [0.1, 0.15) is 20.8 Å². The Balaban J connectivity index is 3.75. The third-order valence-corrected chi connectivity index (χ3v) is 1.09. The van der Waals surface area contributed by atoms with Gasteiger partial charge in [-0.15, -0.1) is 0 Å². The Kier molecular flexibility index (Phi) is 4.99. The molecule has 13 heavy (non-hydrogen) atoms. The summed E-state index contributed by atoms with van der Waals surface area (Å²) in [5.74, 6) is -1.40. The fourth-order valence-corrected chi connectivity index (χ4v) is 0.455. The molecule has 0 rings (SSSR count). The van der Waals surface area contributed by atoms with Crippen LogP contribution in [0.25, 0.3) is 0 Å². The monoisotopic (exact) mass is 186 g/mol. The van der Waals surface area contributed by atoms with E-state index < -0.39 is 11.9 Å². The third kappa shape index (κ3) is 6.04. The highest BCUT2D eigenvalue weighted by atomic mass is 16.6. The molecule has 0 amide bonds. The Morgan fingerprint density at radius 1 is 1.38 bits per heavy atom. The number of hydrogen-bond donors (Lipinski definition) is 0. The van der Waals surface area contributed by atoms with E-state index in [4.69, 9.17) is 4.74 Å². The lowest BCUT2D eigenvalue weighted by atomic mass is 10.4. The van der Waals surface area contributed by atoms with E-state index in [9.17, 15) is 9.59 Å². The zero-order chi connectivity index (χ0) is 10.4. The van der Waals surface area contributed by atoms with Gasteiger partial charge in [0.1, 0.15) is 6.61 Å². The first-order valence-electron chi connectivity index (χ1n) is 3.95. The second-order valence-electron chi connectivity index (χ2n) is 2.90. The van der Waals surface area contributed by atoms with E-state index in [0.29, 0.717) is 0 Å². The van der Waals surface area contributed by atoms with Crippen molar-refractivity contribution >= 4 is 11.9 Å². The van der Waals surface area contributed by atoms with E-state index in [-0.39, 0.29) is 18.3 Å². The average molecular weight is 186 g/mol. The maximum Gasteiger partial charge on any atom is 0.340 e. The molecule has 0 aliphatic carbocycles. The summed E-state index contributed by atoms with van der Waals surface area (Å²) >= 11 is 0. The van der Waals surface area contributed by atoms with Gasteiger partial charge >= 0.3 is 11.9 Å². The molecule has 0 N–H and O–H groups in total. The molecule has 0 aliphatic rings. The molecule has 0 heterocycles. The second kappa shape index (κ2) is 5.48. The van der Waals surface area contributed by atoms with E-state index in [0.717, 1.165) is 0 Å². The van der Waals surface area contributed by atoms with E-state index in [1.165, 1.54) is 6.92 Å². The van der Waals surface area contributed by atoms with Crippen molar-refractivity contribution in [3.63, 3.8) is 0 Å². The number of ether oxygens (including phenoxy) is 2. The summed E-state index contributed by atoms with van der Waals surface area (Å²) in [7, 11) is 0. The summed E-state index contributed by atoms with van der Waals surface area (Å²) in [5, 5.41) is 0. The highest BCUT2D eigenvalue weighted by Crippen LogP contribution is 1.94. The smallest absolute Gasteiger partial charge is 0.340 e. The fraction of sp³-hybridized carbons (Fsp3) is 0.556. The van der Waals surface area contributed by atoms with Crippen molar-refractivity contribution in [1.29, 1.82) is 0 Å². The van der Waals surface area contributed by atoms with Gasteiger partial charge in [0, 0.05) is 5.57 Å². The number of carbonyl (C=O) groups excluding carboxylic acids is 2. The van der Waals surface area contributed by atoms with Gasteiger partial charge in [0.2, 0.25) is 0 Å². The van der Waals surface area contributed by atoms with Crippen LogP contribution in [0.5, 0.6) is 0 Å². The summed E-state index contributed by atoms with van der Waals surface area (Å²) in [5.41, 5.74) is 0.192. The van der Waals surface area contributed by atoms with Crippen LogP contribution in [0.15, 0.2) is 12.2 Å². The Labute approximate surface area is 77.5 Å². The summed E-state index contributed by atoms with van der Waals surface area (Å²) in [6.45, 7) is 8.17. The third-order valence-electron chi connectivity index (χ3n) is 1.09. The molecule has 0 radical (unpaired) electrons. The van der Waals surface area contributed by atoms with Gasteiger partial charge in [-0.1, -0.05) is 6.58 Å². The van der Waals surface area contributed by atoms with Crippen LogP contribution in [0.2, 0.25) is 0 Å². The Morgan fingerprint density at radius 2 is 1.92 bits per heavy atom. The van der Waals surface area contributed by atoms with E-state index >= 15 is 0 Å². The minimum atomic E-state index is -0.711. The van der Waals surface area contributed by atoms with E-state index in [1.54, 1.807) is 13.8 Å². The predicted molar refractivity (Wildman–Crippen MR) is 47.0 cm³/mol. The largest absolute Gasteiger partial charge is 0.388 e. The first kappa shape index (κ1) is 11.8. The lowest BCUT2D eigenvalue weighted by Crippen LogP contribution is -2.19. The highest BCUT2D eigenvalue weighted by molar-refractivity contribution is 5.95. The van der Waals surface area contributed by atoms with Crippen molar-refractivity contribution in [2.24, 2.45) is 0 Å². The van der Waals surface area contributed by atoms with Gasteiger partial charge in [0.05, 0.1) is 6.10 Å². The standard InChI is InChI=1S/C9H14O4/c1-6(2)9(11)13-8(10)5-12-7(3)4/h7H,1,5H2,2-4H3. The predicted octanol–water partition coefficient (Wildman–Crippen LogP) is 1.06. The minimum absolute atomic E-state index is 0.0625. The molecule has 0 aromatic carbocycles. The number of carbonyl (C=O) groups is 2. The van der Waals surface area contributed by atoms with Crippen molar-refractivity contribution < 1.29 is 19.1 Å². The van der Waals surface area contributed by atoms with Gasteiger partial charge in [0.15, 0.2) is 0 Å². The molecular weight excluding hydrogens is 172 g/mol. The summed E-state index contributed by atoms with van der Waals surface area (Å²) in [6, 6.07) is 0. The lowest BCUT2D eigenvalue weighted by molar-refractivity contribution is -0.161. The maximum atomic E-state index is 10.9. The van der Waals surface area contributed by atoms with Crippen LogP contribution < -0.4 is 0 Å². The Hall–Kier alpha value is -1.16. The topological polar surface area (TPSA) is 52.6 Å². The Bertz CT molecular complexity index is 218. The van der Waals surface area contributed by atoms with Gasteiger partial charge < -0.3 is 9.47 Å². The minimum Gasteiger partial charge on any atom is -0.388 e. The maximum absolute atomic E-state index is 10.9.